The molecule has 0 radical (unpaired) electrons. The smallest absolute Gasteiger partial charge is 0.000673 e. The molecule has 0 aliphatic heterocycles. The van der Waals surface area contributed by atoms with Crippen LogP contribution in [0.5, 0.6) is 0 Å². The van der Waals surface area contributed by atoms with E-state index in [0.29, 0.717) is 5.92 Å². The Morgan fingerprint density at radius 2 is 1.79 bits per heavy atom. The molecule has 0 atom stereocenters. The molecule has 1 aliphatic rings. The second-order valence-corrected chi connectivity index (χ2v) is 4.07. The first kappa shape index (κ1) is 9.26. The van der Waals surface area contributed by atoms with Gasteiger partial charge in [-0.3, -0.25) is 0 Å². The molecule has 0 fully saturated rings. The summed E-state index contributed by atoms with van der Waals surface area (Å²) in [6, 6.07) is 6.70. The highest BCUT2D eigenvalue weighted by Gasteiger charge is 2.07. The Bertz CT molecular complexity index is 371. The van der Waals surface area contributed by atoms with Crippen LogP contribution in [0.3, 0.4) is 0 Å². The van der Waals surface area contributed by atoms with Crippen molar-refractivity contribution in [1.29, 1.82) is 0 Å². The minimum Gasteiger partial charge on any atom is -0.0773 e. The van der Waals surface area contributed by atoms with Gasteiger partial charge in [0.2, 0.25) is 0 Å². The number of aryl methyl sites for hydroxylation is 2. The van der Waals surface area contributed by atoms with Crippen LogP contribution >= 0.6 is 0 Å². The zero-order valence-electron chi connectivity index (χ0n) is 8.83. The van der Waals surface area contributed by atoms with E-state index in [4.69, 9.17) is 0 Å². The molecule has 0 spiro atoms. The first-order valence-electron chi connectivity index (χ1n) is 5.17. The van der Waals surface area contributed by atoms with Crippen LogP contribution in [-0.2, 0) is 6.42 Å². The summed E-state index contributed by atoms with van der Waals surface area (Å²) < 4.78 is 0. The van der Waals surface area contributed by atoms with Crippen LogP contribution in [0.1, 0.15) is 16.7 Å². The first-order chi connectivity index (χ1) is 6.75. The van der Waals surface area contributed by atoms with Gasteiger partial charge in [0.1, 0.15) is 0 Å². The minimum absolute atomic E-state index is 0.607. The van der Waals surface area contributed by atoms with Gasteiger partial charge in [-0.1, -0.05) is 48.1 Å². The minimum atomic E-state index is 0.607. The van der Waals surface area contributed by atoms with Crippen LogP contribution in [0.2, 0.25) is 0 Å². The van der Waals surface area contributed by atoms with Gasteiger partial charge >= 0.3 is 0 Å². The van der Waals surface area contributed by atoms with Gasteiger partial charge in [-0.25, -0.2) is 0 Å². The number of benzene rings is 1. The van der Waals surface area contributed by atoms with Gasteiger partial charge in [0.05, 0.1) is 0 Å². The standard InChI is InChI=1S/C14H16/c1-11-7-8-12(2)14(9-11)10-13-5-3-4-6-13/h3-9,13H,10H2,1-2H3. The lowest BCUT2D eigenvalue weighted by Crippen LogP contribution is -1.98. The van der Waals surface area contributed by atoms with Crippen molar-refractivity contribution in [3.8, 4) is 0 Å². The van der Waals surface area contributed by atoms with Crippen molar-refractivity contribution < 1.29 is 0 Å². The summed E-state index contributed by atoms with van der Waals surface area (Å²) in [5.74, 6) is 0.607. The summed E-state index contributed by atoms with van der Waals surface area (Å²) in [7, 11) is 0. The Hall–Kier alpha value is -1.30. The molecule has 0 saturated carbocycles. The first-order valence-corrected chi connectivity index (χ1v) is 5.17. The van der Waals surface area contributed by atoms with Crippen molar-refractivity contribution in [2.45, 2.75) is 20.3 Å². The van der Waals surface area contributed by atoms with Gasteiger partial charge in [-0.05, 0) is 37.3 Å². The molecule has 0 aromatic heterocycles. The summed E-state index contributed by atoms with van der Waals surface area (Å²) >= 11 is 0. The topological polar surface area (TPSA) is 0 Å². The van der Waals surface area contributed by atoms with Crippen molar-refractivity contribution in [2.75, 3.05) is 0 Å². The van der Waals surface area contributed by atoms with Crippen molar-refractivity contribution >= 4 is 0 Å². The van der Waals surface area contributed by atoms with Crippen molar-refractivity contribution in [1.82, 2.24) is 0 Å². The monoisotopic (exact) mass is 184 g/mol. The molecule has 1 aromatic rings. The normalized spacial score (nSPS) is 15.3. The molecule has 0 heteroatoms. The molecular formula is C14H16. The second-order valence-electron chi connectivity index (χ2n) is 4.07. The van der Waals surface area contributed by atoms with Crippen LogP contribution in [0.15, 0.2) is 42.5 Å². The fourth-order valence-corrected chi connectivity index (χ4v) is 1.89. The molecule has 1 aliphatic carbocycles. The largest absolute Gasteiger partial charge is 0.0773 e. The molecule has 1 aromatic carbocycles. The van der Waals surface area contributed by atoms with Gasteiger partial charge in [0.15, 0.2) is 0 Å². The molecule has 2 rings (SSSR count). The van der Waals surface area contributed by atoms with E-state index in [-0.39, 0.29) is 0 Å². The lowest BCUT2D eigenvalue weighted by atomic mass is 9.96. The third kappa shape index (κ3) is 1.95. The Labute approximate surface area is 86.0 Å². The van der Waals surface area contributed by atoms with E-state index < -0.39 is 0 Å². The van der Waals surface area contributed by atoms with Crippen LogP contribution in [-0.4, -0.2) is 0 Å². The summed E-state index contributed by atoms with van der Waals surface area (Å²) in [5, 5.41) is 0. The van der Waals surface area contributed by atoms with Crippen molar-refractivity contribution in [2.24, 2.45) is 5.92 Å². The third-order valence-electron chi connectivity index (χ3n) is 2.79. The Morgan fingerprint density at radius 1 is 1.07 bits per heavy atom. The summed E-state index contributed by atoms with van der Waals surface area (Å²) in [4.78, 5) is 0. The van der Waals surface area contributed by atoms with E-state index in [9.17, 15) is 0 Å². The molecule has 0 nitrogen and oxygen atoms in total. The summed E-state index contributed by atoms with van der Waals surface area (Å²) in [5.41, 5.74) is 4.24. The van der Waals surface area contributed by atoms with E-state index in [2.05, 4.69) is 56.4 Å². The number of hydrogen-bond donors (Lipinski definition) is 0. The third-order valence-corrected chi connectivity index (χ3v) is 2.79. The highest BCUT2D eigenvalue weighted by molar-refractivity contribution is 5.32. The Morgan fingerprint density at radius 3 is 2.50 bits per heavy atom. The average Bonchev–Trinajstić information content (AvgIpc) is 2.64. The molecule has 0 saturated heterocycles. The molecule has 72 valence electrons. The Kier molecular flexibility index (Phi) is 2.53. The van der Waals surface area contributed by atoms with E-state index in [1.807, 2.05) is 0 Å². The molecule has 0 amide bonds. The van der Waals surface area contributed by atoms with E-state index in [1.165, 1.54) is 16.7 Å². The summed E-state index contributed by atoms with van der Waals surface area (Å²) in [6.07, 6.45) is 9.94. The number of allylic oxidation sites excluding steroid dienone is 4. The lowest BCUT2D eigenvalue weighted by Gasteiger charge is -2.09. The zero-order valence-corrected chi connectivity index (χ0v) is 8.83. The quantitative estimate of drug-likeness (QED) is 0.659. The van der Waals surface area contributed by atoms with Crippen LogP contribution < -0.4 is 0 Å². The molecule has 0 unspecified atom stereocenters. The van der Waals surface area contributed by atoms with Gasteiger partial charge in [0, 0.05) is 0 Å². The van der Waals surface area contributed by atoms with Gasteiger partial charge < -0.3 is 0 Å². The van der Waals surface area contributed by atoms with Crippen molar-refractivity contribution in [3.63, 3.8) is 0 Å². The zero-order chi connectivity index (χ0) is 9.97. The Balaban J connectivity index is 2.19. The lowest BCUT2D eigenvalue weighted by molar-refractivity contribution is 0.809. The van der Waals surface area contributed by atoms with Crippen LogP contribution in [0, 0.1) is 19.8 Å². The fraction of sp³-hybridized carbons (Fsp3) is 0.286. The van der Waals surface area contributed by atoms with Crippen LogP contribution in [0.4, 0.5) is 0 Å². The highest BCUT2D eigenvalue weighted by Crippen LogP contribution is 2.19. The molecular weight excluding hydrogens is 168 g/mol. The van der Waals surface area contributed by atoms with E-state index in [0.717, 1.165) is 6.42 Å². The van der Waals surface area contributed by atoms with Crippen molar-refractivity contribution in [3.05, 3.63) is 59.2 Å². The van der Waals surface area contributed by atoms with Gasteiger partial charge in [-0.2, -0.15) is 0 Å². The maximum Gasteiger partial charge on any atom is -0.000673 e. The van der Waals surface area contributed by atoms with Gasteiger partial charge in [-0.15, -0.1) is 0 Å². The highest BCUT2D eigenvalue weighted by atomic mass is 14.1. The fourth-order valence-electron chi connectivity index (χ4n) is 1.89. The predicted octanol–water partition coefficient (Wildman–Crippen LogP) is 3.59. The van der Waals surface area contributed by atoms with E-state index >= 15 is 0 Å². The second kappa shape index (κ2) is 3.83. The molecule has 0 heterocycles. The van der Waals surface area contributed by atoms with E-state index in [1.54, 1.807) is 0 Å². The molecule has 0 bridgehead atoms. The van der Waals surface area contributed by atoms with Gasteiger partial charge in [0.25, 0.3) is 0 Å². The molecule has 0 N–H and O–H groups in total. The SMILES string of the molecule is Cc1ccc(C)c(CC2C=CC=C2)c1. The van der Waals surface area contributed by atoms with Crippen LogP contribution in [0.25, 0.3) is 0 Å². The summed E-state index contributed by atoms with van der Waals surface area (Å²) in [6.45, 7) is 4.35. The number of hydrogen-bond acceptors (Lipinski definition) is 0. The molecule has 14 heavy (non-hydrogen) atoms. The maximum atomic E-state index is 2.30. The predicted molar refractivity (Wildman–Crippen MR) is 61.4 cm³/mol. The maximum absolute atomic E-state index is 2.30. The number of rotatable bonds is 2. The average molecular weight is 184 g/mol.